The molecule has 1 fully saturated rings. The second-order valence-corrected chi connectivity index (χ2v) is 6.73. The van der Waals surface area contributed by atoms with Crippen molar-refractivity contribution in [3.05, 3.63) is 65.5 Å². The van der Waals surface area contributed by atoms with Gasteiger partial charge in [0.15, 0.2) is 5.78 Å². The highest BCUT2D eigenvalue weighted by Crippen LogP contribution is 2.23. The number of likely N-dealkylation sites (N-methyl/N-ethyl adjacent to an activating group) is 1. The van der Waals surface area contributed by atoms with Crippen molar-refractivity contribution < 1.29 is 22.7 Å². The summed E-state index contributed by atoms with van der Waals surface area (Å²) in [5, 5.41) is 0. The minimum atomic E-state index is -2.88. The molecular formula is C22H23F3N2O2. The molecule has 0 unspecified atom stereocenters. The molecule has 2 aromatic rings. The molecule has 1 aliphatic rings. The number of benzene rings is 2. The predicted octanol–water partition coefficient (Wildman–Crippen LogP) is 4.47. The Balaban J connectivity index is 1.64. The minimum Gasteiger partial charge on any atom is -0.435 e. The van der Waals surface area contributed by atoms with Gasteiger partial charge < -0.3 is 14.5 Å². The zero-order valence-electron chi connectivity index (χ0n) is 16.2. The van der Waals surface area contributed by atoms with Crippen molar-refractivity contribution in [3.8, 4) is 5.75 Å². The molecule has 1 saturated heterocycles. The van der Waals surface area contributed by atoms with E-state index in [-0.39, 0.29) is 17.1 Å². The molecule has 0 spiro atoms. The van der Waals surface area contributed by atoms with Crippen LogP contribution in [0.5, 0.6) is 5.75 Å². The molecule has 4 nitrogen and oxygen atoms in total. The van der Waals surface area contributed by atoms with Gasteiger partial charge >= 0.3 is 6.61 Å². The van der Waals surface area contributed by atoms with E-state index in [9.17, 15) is 18.0 Å². The maximum atomic E-state index is 14.6. The Bertz CT molecular complexity index is 861. The zero-order valence-corrected chi connectivity index (χ0v) is 16.2. The Kier molecular flexibility index (Phi) is 6.93. The third-order valence-corrected chi connectivity index (χ3v) is 4.92. The van der Waals surface area contributed by atoms with Gasteiger partial charge in [0.05, 0.1) is 5.69 Å². The number of hydrogen-bond acceptors (Lipinski definition) is 4. The van der Waals surface area contributed by atoms with E-state index in [4.69, 9.17) is 0 Å². The van der Waals surface area contributed by atoms with Crippen LogP contribution in [0.1, 0.15) is 22.8 Å². The molecule has 0 atom stereocenters. The number of rotatable bonds is 7. The monoisotopic (exact) mass is 404 g/mol. The summed E-state index contributed by atoms with van der Waals surface area (Å²) in [7, 11) is 0. The van der Waals surface area contributed by atoms with E-state index < -0.39 is 12.4 Å². The third-order valence-electron chi connectivity index (χ3n) is 4.92. The number of ketones is 1. The summed E-state index contributed by atoms with van der Waals surface area (Å²) in [5.74, 6) is -0.706. The summed E-state index contributed by atoms with van der Waals surface area (Å²) < 4.78 is 43.2. The van der Waals surface area contributed by atoms with Crippen LogP contribution in [0.25, 0.3) is 6.08 Å². The summed E-state index contributed by atoms with van der Waals surface area (Å²) in [6.07, 6.45) is 2.88. The summed E-state index contributed by atoms with van der Waals surface area (Å²) in [6, 6.07) is 10.4. The average molecular weight is 404 g/mol. The van der Waals surface area contributed by atoms with Crippen molar-refractivity contribution in [2.24, 2.45) is 0 Å². The largest absolute Gasteiger partial charge is 0.435 e. The second-order valence-electron chi connectivity index (χ2n) is 6.73. The van der Waals surface area contributed by atoms with Crippen LogP contribution < -0.4 is 9.64 Å². The smallest absolute Gasteiger partial charge is 0.387 e. The molecule has 0 radical (unpaired) electrons. The predicted molar refractivity (Wildman–Crippen MR) is 107 cm³/mol. The van der Waals surface area contributed by atoms with Crippen molar-refractivity contribution in [2.75, 3.05) is 37.6 Å². The minimum absolute atomic E-state index is 0.0425. The molecular weight excluding hydrogens is 381 g/mol. The fraction of sp³-hybridized carbons (Fsp3) is 0.318. The summed E-state index contributed by atoms with van der Waals surface area (Å²) in [6.45, 7) is 3.49. The van der Waals surface area contributed by atoms with Gasteiger partial charge in [-0.2, -0.15) is 8.78 Å². The Morgan fingerprint density at radius 2 is 1.79 bits per heavy atom. The first-order chi connectivity index (χ1) is 14.0. The van der Waals surface area contributed by atoms with Crippen LogP contribution in [-0.2, 0) is 0 Å². The van der Waals surface area contributed by atoms with Crippen molar-refractivity contribution in [3.63, 3.8) is 0 Å². The SMILES string of the molecule is CCN1CCN(c2ccc(C(=O)/C=C/c3ccc(OC(F)F)cc3)cc2F)CC1. The van der Waals surface area contributed by atoms with Gasteiger partial charge in [0, 0.05) is 31.7 Å². The van der Waals surface area contributed by atoms with Gasteiger partial charge in [-0.25, -0.2) is 4.39 Å². The standard InChI is InChI=1S/C22H23F3N2O2/c1-2-26-11-13-27(14-12-26)20-9-6-17(15-19(20)23)21(28)10-5-16-3-7-18(8-4-16)29-22(24)25/h3-10,15,22H,2,11-14H2,1H3/b10-5+. The van der Waals surface area contributed by atoms with E-state index >= 15 is 0 Å². The van der Waals surface area contributed by atoms with Gasteiger partial charge in [-0.3, -0.25) is 4.79 Å². The van der Waals surface area contributed by atoms with Gasteiger partial charge in [0.25, 0.3) is 0 Å². The lowest BCUT2D eigenvalue weighted by Gasteiger charge is -2.35. The first-order valence-corrected chi connectivity index (χ1v) is 9.50. The maximum absolute atomic E-state index is 14.6. The molecule has 0 aliphatic carbocycles. The van der Waals surface area contributed by atoms with Crippen LogP contribution in [0, 0.1) is 5.82 Å². The van der Waals surface area contributed by atoms with Gasteiger partial charge in [0.2, 0.25) is 0 Å². The molecule has 2 aromatic carbocycles. The fourth-order valence-electron chi connectivity index (χ4n) is 3.25. The van der Waals surface area contributed by atoms with Crippen LogP contribution in [0.15, 0.2) is 48.5 Å². The Labute approximate surface area is 168 Å². The van der Waals surface area contributed by atoms with Crippen molar-refractivity contribution in [1.29, 1.82) is 0 Å². The van der Waals surface area contributed by atoms with E-state index in [1.54, 1.807) is 30.3 Å². The summed E-state index contributed by atoms with van der Waals surface area (Å²) in [4.78, 5) is 16.7. The number of allylic oxidation sites excluding steroid dienone is 1. The number of carbonyl (C=O) groups is 1. The molecule has 7 heteroatoms. The normalized spacial score (nSPS) is 15.3. The third kappa shape index (κ3) is 5.60. The van der Waals surface area contributed by atoms with Crippen molar-refractivity contribution in [2.45, 2.75) is 13.5 Å². The van der Waals surface area contributed by atoms with Crippen LogP contribution in [-0.4, -0.2) is 50.0 Å². The number of halogens is 3. The second kappa shape index (κ2) is 9.60. The number of piperazine rings is 1. The highest BCUT2D eigenvalue weighted by atomic mass is 19.3. The molecule has 1 heterocycles. The molecule has 29 heavy (non-hydrogen) atoms. The lowest BCUT2D eigenvalue weighted by atomic mass is 10.1. The number of carbonyl (C=O) groups excluding carboxylic acids is 1. The highest BCUT2D eigenvalue weighted by Gasteiger charge is 2.19. The quantitative estimate of drug-likeness (QED) is 0.504. The zero-order chi connectivity index (χ0) is 20.8. The van der Waals surface area contributed by atoms with E-state index in [2.05, 4.69) is 16.6 Å². The lowest BCUT2D eigenvalue weighted by molar-refractivity contribution is -0.0498. The number of ether oxygens (including phenoxy) is 1. The van der Waals surface area contributed by atoms with Crippen LogP contribution in [0.3, 0.4) is 0 Å². The fourth-order valence-corrected chi connectivity index (χ4v) is 3.25. The number of alkyl halides is 2. The molecule has 0 N–H and O–H groups in total. The first kappa shape index (κ1) is 20.9. The number of nitrogens with zero attached hydrogens (tertiary/aromatic N) is 2. The lowest BCUT2D eigenvalue weighted by Crippen LogP contribution is -2.46. The molecule has 3 rings (SSSR count). The topological polar surface area (TPSA) is 32.8 Å². The molecule has 0 aromatic heterocycles. The van der Waals surface area contributed by atoms with Crippen LogP contribution >= 0.6 is 0 Å². The van der Waals surface area contributed by atoms with Crippen LogP contribution in [0.4, 0.5) is 18.9 Å². The van der Waals surface area contributed by atoms with Crippen molar-refractivity contribution in [1.82, 2.24) is 4.90 Å². The summed E-state index contributed by atoms with van der Waals surface area (Å²) in [5.41, 5.74) is 1.41. The van der Waals surface area contributed by atoms with E-state index in [1.165, 1.54) is 24.3 Å². The number of anilines is 1. The van der Waals surface area contributed by atoms with E-state index in [0.29, 0.717) is 11.3 Å². The molecule has 0 amide bonds. The molecule has 0 saturated carbocycles. The van der Waals surface area contributed by atoms with E-state index in [0.717, 1.165) is 32.7 Å². The van der Waals surface area contributed by atoms with Gasteiger partial charge in [-0.15, -0.1) is 0 Å². The first-order valence-electron chi connectivity index (χ1n) is 9.50. The maximum Gasteiger partial charge on any atom is 0.387 e. The highest BCUT2D eigenvalue weighted by molar-refractivity contribution is 6.07. The molecule has 154 valence electrons. The van der Waals surface area contributed by atoms with Gasteiger partial charge in [-0.1, -0.05) is 25.1 Å². The van der Waals surface area contributed by atoms with Gasteiger partial charge in [-0.05, 0) is 48.5 Å². The molecule has 1 aliphatic heterocycles. The summed E-state index contributed by atoms with van der Waals surface area (Å²) >= 11 is 0. The average Bonchev–Trinajstić information content (AvgIpc) is 2.72. The Morgan fingerprint density at radius 3 is 2.38 bits per heavy atom. The Hall–Kier alpha value is -2.80. The van der Waals surface area contributed by atoms with E-state index in [1.807, 2.05) is 4.90 Å². The number of hydrogen-bond donors (Lipinski definition) is 0. The Morgan fingerprint density at radius 1 is 1.10 bits per heavy atom. The van der Waals surface area contributed by atoms with Crippen LogP contribution in [0.2, 0.25) is 0 Å². The molecule has 0 bridgehead atoms. The van der Waals surface area contributed by atoms with Crippen molar-refractivity contribution >= 4 is 17.5 Å². The van der Waals surface area contributed by atoms with Gasteiger partial charge in [0.1, 0.15) is 11.6 Å².